The molecule has 0 unspecified atom stereocenters. The van der Waals surface area contributed by atoms with Gasteiger partial charge in [0, 0.05) is 39.1 Å². The highest BCUT2D eigenvalue weighted by Gasteiger charge is 2.11. The maximum absolute atomic E-state index is 11.7. The van der Waals surface area contributed by atoms with E-state index in [-0.39, 0.29) is 24.0 Å². The zero-order valence-electron chi connectivity index (χ0n) is 17.3. The Morgan fingerprint density at radius 3 is 2.39 bits per heavy atom. The van der Waals surface area contributed by atoms with Gasteiger partial charge in [-0.15, -0.1) is 24.0 Å². The van der Waals surface area contributed by atoms with Gasteiger partial charge < -0.3 is 10.6 Å². The zero-order valence-corrected chi connectivity index (χ0v) is 20.5. The van der Waals surface area contributed by atoms with Crippen molar-refractivity contribution in [1.29, 1.82) is 0 Å². The lowest BCUT2D eigenvalue weighted by atomic mass is 10.1. The molecule has 2 aromatic rings. The smallest absolute Gasteiger partial charge is 0.191 e. The predicted molar refractivity (Wildman–Crippen MR) is 124 cm³/mol. The number of nitrogens with zero attached hydrogens (tertiary/aromatic N) is 3. The average molecular weight is 519 g/mol. The van der Waals surface area contributed by atoms with Crippen LogP contribution < -0.4 is 10.6 Å². The van der Waals surface area contributed by atoms with Gasteiger partial charge in [-0.1, -0.05) is 12.1 Å². The number of nitrogens with one attached hydrogen (secondary N) is 2. The van der Waals surface area contributed by atoms with Gasteiger partial charge in [-0.3, -0.25) is 9.67 Å². The molecule has 1 heterocycles. The summed E-state index contributed by atoms with van der Waals surface area (Å²) in [6.45, 7) is 7.23. The lowest BCUT2D eigenvalue weighted by molar-refractivity contribution is 0.601. The van der Waals surface area contributed by atoms with Crippen molar-refractivity contribution in [2.45, 2.75) is 38.6 Å². The number of hydrogen-bond acceptors (Lipinski definition) is 4. The fraction of sp³-hybridized carbons (Fsp3) is 0.474. The van der Waals surface area contributed by atoms with Gasteiger partial charge in [0.2, 0.25) is 0 Å². The molecule has 0 aliphatic carbocycles. The Balaban J connectivity index is 0.00000392. The number of rotatable bonds is 6. The molecule has 1 aromatic carbocycles. The molecule has 0 spiro atoms. The van der Waals surface area contributed by atoms with Crippen LogP contribution in [0, 0.1) is 20.8 Å². The van der Waals surface area contributed by atoms with E-state index in [0.717, 1.165) is 29.8 Å². The summed E-state index contributed by atoms with van der Waals surface area (Å²) in [5.41, 5.74) is 5.25. The summed E-state index contributed by atoms with van der Waals surface area (Å²) in [6, 6.07) is 5.37. The Bertz CT molecular complexity index is 951. The number of aliphatic imine (C=N–C) groups is 1. The predicted octanol–water partition coefficient (Wildman–Crippen LogP) is 2.27. The van der Waals surface area contributed by atoms with Crippen LogP contribution in [-0.4, -0.2) is 44.0 Å². The van der Waals surface area contributed by atoms with Crippen molar-refractivity contribution in [3.63, 3.8) is 0 Å². The molecule has 0 aliphatic rings. The lowest BCUT2D eigenvalue weighted by Crippen LogP contribution is -2.38. The van der Waals surface area contributed by atoms with Crippen LogP contribution in [0.5, 0.6) is 0 Å². The van der Waals surface area contributed by atoms with Crippen LogP contribution in [0.4, 0.5) is 0 Å². The van der Waals surface area contributed by atoms with Gasteiger partial charge in [0.1, 0.15) is 0 Å². The first-order valence-electron chi connectivity index (χ1n) is 8.86. The van der Waals surface area contributed by atoms with E-state index < -0.39 is 9.84 Å². The number of hydrogen-bond donors (Lipinski definition) is 2. The van der Waals surface area contributed by atoms with E-state index in [1.165, 1.54) is 17.5 Å². The third kappa shape index (κ3) is 6.20. The molecule has 7 nitrogen and oxygen atoms in total. The topological polar surface area (TPSA) is 88.4 Å². The van der Waals surface area contributed by atoms with E-state index in [2.05, 4.69) is 27.6 Å². The number of guanidine groups is 1. The standard InChI is InChI=1S/C19H29N5O2S.HI/c1-13-11-16(7-8-18(13)27(6,25)26)12-22-19(20-4)21-10-9-17-14(2)23-24(5)15(17)3;/h7-8,11H,9-10,12H2,1-6H3,(H2,20,21,22);1H. The van der Waals surface area contributed by atoms with Crippen LogP contribution in [0.25, 0.3) is 0 Å². The van der Waals surface area contributed by atoms with Crippen molar-refractivity contribution in [2.75, 3.05) is 19.8 Å². The molecule has 0 saturated heterocycles. The van der Waals surface area contributed by atoms with Crippen molar-refractivity contribution in [1.82, 2.24) is 20.4 Å². The summed E-state index contributed by atoms with van der Waals surface area (Å²) in [5.74, 6) is 0.707. The van der Waals surface area contributed by atoms with Gasteiger partial charge in [0.15, 0.2) is 15.8 Å². The molecular weight excluding hydrogens is 489 g/mol. The summed E-state index contributed by atoms with van der Waals surface area (Å²) in [6.07, 6.45) is 2.10. The summed E-state index contributed by atoms with van der Waals surface area (Å²) >= 11 is 0. The first-order valence-corrected chi connectivity index (χ1v) is 10.8. The van der Waals surface area contributed by atoms with Gasteiger partial charge in [0.05, 0.1) is 10.6 Å². The minimum atomic E-state index is -3.19. The second-order valence-electron chi connectivity index (χ2n) is 6.75. The maximum atomic E-state index is 11.7. The molecule has 0 atom stereocenters. The first-order chi connectivity index (χ1) is 12.6. The molecule has 28 heavy (non-hydrogen) atoms. The summed E-state index contributed by atoms with van der Waals surface area (Å²) in [5, 5.41) is 11.0. The van der Waals surface area contributed by atoms with Crippen LogP contribution in [0.15, 0.2) is 28.1 Å². The Morgan fingerprint density at radius 2 is 1.89 bits per heavy atom. The van der Waals surface area contributed by atoms with Crippen LogP contribution in [-0.2, 0) is 29.9 Å². The van der Waals surface area contributed by atoms with Crippen LogP contribution in [0.3, 0.4) is 0 Å². The zero-order chi connectivity index (χ0) is 20.2. The molecule has 2 rings (SSSR count). The van der Waals surface area contributed by atoms with E-state index >= 15 is 0 Å². The van der Waals surface area contributed by atoms with Crippen molar-refractivity contribution < 1.29 is 8.42 Å². The highest BCUT2D eigenvalue weighted by atomic mass is 127. The number of halogens is 1. The fourth-order valence-electron chi connectivity index (χ4n) is 3.13. The molecule has 0 fully saturated rings. The lowest BCUT2D eigenvalue weighted by Gasteiger charge is -2.13. The average Bonchev–Trinajstić information content (AvgIpc) is 2.82. The summed E-state index contributed by atoms with van der Waals surface area (Å²) in [7, 11) is 0.492. The van der Waals surface area contributed by atoms with Gasteiger partial charge in [-0.05, 0) is 49.9 Å². The monoisotopic (exact) mass is 519 g/mol. The Labute approximate surface area is 185 Å². The van der Waals surface area contributed by atoms with Crippen LogP contribution in [0.1, 0.15) is 28.1 Å². The molecule has 0 bridgehead atoms. The molecule has 9 heteroatoms. The van der Waals surface area contributed by atoms with Crippen molar-refractivity contribution in [3.05, 3.63) is 46.3 Å². The van der Waals surface area contributed by atoms with Crippen molar-refractivity contribution >= 4 is 39.8 Å². The molecule has 1 aromatic heterocycles. The highest BCUT2D eigenvalue weighted by molar-refractivity contribution is 14.0. The minimum absolute atomic E-state index is 0. The Morgan fingerprint density at radius 1 is 1.21 bits per heavy atom. The largest absolute Gasteiger partial charge is 0.356 e. The second-order valence-corrected chi connectivity index (χ2v) is 8.73. The second kappa shape index (κ2) is 10.2. The van der Waals surface area contributed by atoms with Crippen molar-refractivity contribution in [3.8, 4) is 0 Å². The Kier molecular flexibility index (Phi) is 8.93. The normalized spacial score (nSPS) is 11.9. The number of aryl methyl sites for hydroxylation is 3. The molecule has 2 N–H and O–H groups in total. The minimum Gasteiger partial charge on any atom is -0.356 e. The van der Waals surface area contributed by atoms with Gasteiger partial charge in [-0.25, -0.2) is 8.42 Å². The van der Waals surface area contributed by atoms with Gasteiger partial charge in [-0.2, -0.15) is 5.10 Å². The molecule has 0 radical (unpaired) electrons. The molecule has 0 aliphatic heterocycles. The van der Waals surface area contributed by atoms with Crippen LogP contribution >= 0.6 is 24.0 Å². The SMILES string of the molecule is CN=C(NCCc1c(C)nn(C)c1C)NCc1ccc(S(C)(=O)=O)c(C)c1.I. The number of benzene rings is 1. The Hall–Kier alpha value is -1.62. The molecule has 156 valence electrons. The third-order valence-corrected chi connectivity index (χ3v) is 5.91. The summed E-state index contributed by atoms with van der Waals surface area (Å²) in [4.78, 5) is 4.61. The molecule has 0 saturated carbocycles. The van der Waals surface area contributed by atoms with E-state index in [1.807, 2.05) is 37.7 Å². The maximum Gasteiger partial charge on any atom is 0.191 e. The summed E-state index contributed by atoms with van der Waals surface area (Å²) < 4.78 is 25.3. The van der Waals surface area contributed by atoms with E-state index in [1.54, 1.807) is 13.1 Å². The van der Waals surface area contributed by atoms with E-state index in [0.29, 0.717) is 17.4 Å². The molecule has 0 amide bonds. The van der Waals surface area contributed by atoms with Crippen molar-refractivity contribution in [2.24, 2.45) is 12.0 Å². The quantitative estimate of drug-likeness (QED) is 0.348. The number of sulfone groups is 1. The van der Waals surface area contributed by atoms with Gasteiger partial charge >= 0.3 is 0 Å². The van der Waals surface area contributed by atoms with Gasteiger partial charge in [0.25, 0.3) is 0 Å². The number of aromatic nitrogens is 2. The fourth-order valence-corrected chi connectivity index (χ4v) is 4.09. The van der Waals surface area contributed by atoms with E-state index in [4.69, 9.17) is 0 Å². The first kappa shape index (κ1) is 24.4. The third-order valence-electron chi connectivity index (χ3n) is 4.65. The van der Waals surface area contributed by atoms with E-state index in [9.17, 15) is 8.42 Å². The van der Waals surface area contributed by atoms with Crippen LogP contribution in [0.2, 0.25) is 0 Å². The molecular formula is C19H30IN5O2S. The highest BCUT2D eigenvalue weighted by Crippen LogP contribution is 2.16.